The van der Waals surface area contributed by atoms with Crippen LogP contribution in [0.4, 0.5) is 0 Å². The number of hydrogen-bond donors (Lipinski definition) is 0. The lowest BCUT2D eigenvalue weighted by molar-refractivity contribution is -0.303. The second-order valence-corrected chi connectivity index (χ2v) is 5.58. The molecule has 0 aliphatic carbocycles. The Bertz CT molecular complexity index is 375. The van der Waals surface area contributed by atoms with Crippen LogP contribution in [0, 0.1) is 0 Å². The summed E-state index contributed by atoms with van der Waals surface area (Å²) in [6.07, 6.45) is 9.92. The summed E-state index contributed by atoms with van der Waals surface area (Å²) in [5.74, 6) is -2.93. The molecule has 0 aromatic rings. The van der Waals surface area contributed by atoms with E-state index in [2.05, 4.69) is 6.92 Å². The molecule has 5 nitrogen and oxygen atoms in total. The molecule has 0 aromatic heterocycles. The van der Waals surface area contributed by atoms with Crippen molar-refractivity contribution in [2.45, 2.75) is 76.9 Å². The van der Waals surface area contributed by atoms with E-state index in [0.717, 1.165) is 19.3 Å². The van der Waals surface area contributed by atoms with Crippen LogP contribution >= 0.6 is 0 Å². The van der Waals surface area contributed by atoms with Crippen LogP contribution in [0.15, 0.2) is 11.6 Å². The maximum absolute atomic E-state index is 10.7. The highest BCUT2D eigenvalue weighted by Gasteiger charge is 2.36. The minimum absolute atomic E-state index is 0.199. The number of carbonyl (C=O) groups is 2. The summed E-state index contributed by atoms with van der Waals surface area (Å²) in [4.78, 5) is 21.1. The lowest BCUT2D eigenvalue weighted by Gasteiger charge is -2.08. The molecule has 1 heterocycles. The molecule has 0 bridgehead atoms. The molecule has 0 aromatic carbocycles. The van der Waals surface area contributed by atoms with Crippen LogP contribution in [-0.2, 0) is 14.3 Å². The topological polar surface area (TPSA) is 92.8 Å². The predicted molar refractivity (Wildman–Crippen MR) is 74.0 cm³/mol. The number of aliphatic carboxylic acids is 2. The first-order valence-electron chi connectivity index (χ1n) is 7.83. The second-order valence-electron chi connectivity index (χ2n) is 5.58. The predicted octanol–water partition coefficient (Wildman–Crippen LogP) is 0.711. The Hall–Kier alpha value is -1.36. The smallest absolute Gasteiger partial charge is 0.0841 e. The zero-order valence-electron chi connectivity index (χ0n) is 12.6. The van der Waals surface area contributed by atoms with E-state index in [0.29, 0.717) is 24.7 Å². The van der Waals surface area contributed by atoms with Gasteiger partial charge in [-0.15, -0.1) is 0 Å². The molecule has 2 unspecified atom stereocenters. The quantitative estimate of drug-likeness (QED) is 0.300. The highest BCUT2D eigenvalue weighted by molar-refractivity contribution is 5.92. The van der Waals surface area contributed by atoms with Crippen molar-refractivity contribution in [1.82, 2.24) is 0 Å². The summed E-state index contributed by atoms with van der Waals surface area (Å²) < 4.78 is 5.57. The maximum Gasteiger partial charge on any atom is 0.0841 e. The van der Waals surface area contributed by atoms with Crippen molar-refractivity contribution in [2.24, 2.45) is 0 Å². The Morgan fingerprint density at radius 1 is 1.00 bits per heavy atom. The van der Waals surface area contributed by atoms with Crippen molar-refractivity contribution >= 4 is 11.9 Å². The SMILES string of the molecule is CCCCCCC1OC1CCCC/C(=C/C(=O)[O-])C(=O)[O-]. The molecule has 1 aliphatic heterocycles. The number of hydrogen-bond acceptors (Lipinski definition) is 5. The third-order valence-electron chi connectivity index (χ3n) is 3.77. The van der Waals surface area contributed by atoms with Gasteiger partial charge in [-0.25, -0.2) is 0 Å². The number of carbonyl (C=O) groups excluding carboxylic acids is 2. The lowest BCUT2D eigenvalue weighted by atomic mass is 10.0. The van der Waals surface area contributed by atoms with Crippen molar-refractivity contribution in [3.63, 3.8) is 0 Å². The summed E-state index contributed by atoms with van der Waals surface area (Å²) in [5, 5.41) is 21.1. The van der Waals surface area contributed by atoms with Gasteiger partial charge in [0, 0.05) is 0 Å². The van der Waals surface area contributed by atoms with Crippen molar-refractivity contribution < 1.29 is 24.5 Å². The Balaban J connectivity index is 2.07. The number of unbranched alkanes of at least 4 members (excludes halogenated alkanes) is 4. The average molecular weight is 296 g/mol. The molecule has 0 radical (unpaired) electrons. The summed E-state index contributed by atoms with van der Waals surface area (Å²) in [5.41, 5.74) is -0.206. The normalized spacial score (nSPS) is 21.3. The van der Waals surface area contributed by atoms with Gasteiger partial charge in [-0.1, -0.05) is 39.0 Å². The van der Waals surface area contributed by atoms with Crippen LogP contribution in [0.3, 0.4) is 0 Å². The van der Waals surface area contributed by atoms with Crippen molar-refractivity contribution in [2.75, 3.05) is 0 Å². The minimum atomic E-state index is -1.49. The van der Waals surface area contributed by atoms with Crippen LogP contribution in [0.1, 0.15) is 64.7 Å². The number of rotatable bonds is 12. The minimum Gasteiger partial charge on any atom is -0.545 e. The van der Waals surface area contributed by atoms with E-state index >= 15 is 0 Å². The van der Waals surface area contributed by atoms with E-state index in [1.165, 1.54) is 25.7 Å². The fraction of sp³-hybridized carbons (Fsp3) is 0.750. The molecule has 0 amide bonds. The van der Waals surface area contributed by atoms with Crippen molar-refractivity contribution in [1.29, 1.82) is 0 Å². The van der Waals surface area contributed by atoms with E-state index in [1.807, 2.05) is 0 Å². The number of epoxide rings is 1. The third-order valence-corrected chi connectivity index (χ3v) is 3.77. The zero-order chi connectivity index (χ0) is 15.7. The van der Waals surface area contributed by atoms with E-state index in [-0.39, 0.29) is 12.0 Å². The molecule has 1 fully saturated rings. The van der Waals surface area contributed by atoms with Gasteiger partial charge < -0.3 is 24.5 Å². The number of ether oxygens (including phenoxy) is 1. The standard InChI is InChI=1S/C16H26O5/c1-2-3-4-5-9-13-14(21-13)10-7-6-8-12(16(19)20)11-15(17)18/h11,13-14H,2-10H2,1H3,(H,17,18)(H,19,20)/p-2/b12-11-. The van der Waals surface area contributed by atoms with Gasteiger partial charge in [0.1, 0.15) is 0 Å². The van der Waals surface area contributed by atoms with E-state index in [9.17, 15) is 19.8 Å². The van der Waals surface area contributed by atoms with Gasteiger partial charge in [0.2, 0.25) is 0 Å². The van der Waals surface area contributed by atoms with E-state index in [1.54, 1.807) is 0 Å². The Morgan fingerprint density at radius 2 is 1.62 bits per heavy atom. The van der Waals surface area contributed by atoms with Gasteiger partial charge in [-0.3, -0.25) is 0 Å². The van der Waals surface area contributed by atoms with E-state index < -0.39 is 11.9 Å². The Morgan fingerprint density at radius 3 is 2.14 bits per heavy atom. The monoisotopic (exact) mass is 296 g/mol. The number of carboxylic acid groups (broad SMARTS) is 2. The average Bonchev–Trinajstić information content (AvgIpc) is 3.16. The third kappa shape index (κ3) is 7.85. The lowest BCUT2D eigenvalue weighted by Crippen LogP contribution is -2.27. The van der Waals surface area contributed by atoms with Crippen LogP contribution < -0.4 is 10.2 Å². The number of carboxylic acids is 2. The molecule has 1 saturated heterocycles. The van der Waals surface area contributed by atoms with Gasteiger partial charge in [0.05, 0.1) is 24.1 Å². The molecular weight excluding hydrogens is 272 g/mol. The zero-order valence-corrected chi connectivity index (χ0v) is 12.6. The van der Waals surface area contributed by atoms with Gasteiger partial charge in [0.25, 0.3) is 0 Å². The van der Waals surface area contributed by atoms with Crippen molar-refractivity contribution in [3.05, 3.63) is 11.6 Å². The Labute approximate surface area is 126 Å². The Kier molecular flexibility index (Phi) is 8.05. The highest BCUT2D eigenvalue weighted by atomic mass is 16.6. The van der Waals surface area contributed by atoms with Crippen LogP contribution in [0.2, 0.25) is 0 Å². The second kappa shape index (κ2) is 9.55. The molecule has 1 aliphatic rings. The summed E-state index contributed by atoms with van der Waals surface area (Å²) in [6, 6.07) is 0. The first-order chi connectivity index (χ1) is 10.0. The van der Waals surface area contributed by atoms with Gasteiger partial charge in [-0.05, 0) is 37.3 Å². The van der Waals surface area contributed by atoms with Crippen LogP contribution in [-0.4, -0.2) is 24.1 Å². The molecule has 0 saturated carbocycles. The maximum atomic E-state index is 10.7. The molecule has 0 N–H and O–H groups in total. The van der Waals surface area contributed by atoms with Crippen molar-refractivity contribution in [3.8, 4) is 0 Å². The molecule has 2 atom stereocenters. The molecule has 0 spiro atoms. The van der Waals surface area contributed by atoms with Gasteiger partial charge in [-0.2, -0.15) is 0 Å². The fourth-order valence-electron chi connectivity index (χ4n) is 2.50. The first-order valence-corrected chi connectivity index (χ1v) is 7.83. The highest BCUT2D eigenvalue weighted by Crippen LogP contribution is 2.31. The fourth-order valence-corrected chi connectivity index (χ4v) is 2.50. The van der Waals surface area contributed by atoms with Crippen LogP contribution in [0.5, 0.6) is 0 Å². The van der Waals surface area contributed by atoms with E-state index in [4.69, 9.17) is 4.74 Å². The summed E-state index contributed by atoms with van der Waals surface area (Å²) in [7, 11) is 0. The molecule has 120 valence electrons. The van der Waals surface area contributed by atoms with Gasteiger partial charge >= 0.3 is 0 Å². The summed E-state index contributed by atoms with van der Waals surface area (Å²) >= 11 is 0. The molecule has 1 rings (SSSR count). The first kappa shape index (κ1) is 17.7. The van der Waals surface area contributed by atoms with Crippen LogP contribution in [0.25, 0.3) is 0 Å². The largest absolute Gasteiger partial charge is 0.545 e. The molecular formula is C16H24O5-2. The summed E-state index contributed by atoms with van der Waals surface area (Å²) in [6.45, 7) is 2.19. The molecule has 5 heteroatoms. The molecule has 21 heavy (non-hydrogen) atoms. The van der Waals surface area contributed by atoms with Gasteiger partial charge in [0.15, 0.2) is 0 Å².